The Balaban J connectivity index is 1.99. The number of alkyl halides is 3. The molecule has 0 unspecified atom stereocenters. The van der Waals surface area contributed by atoms with Gasteiger partial charge in [-0.2, -0.15) is 13.2 Å². The van der Waals surface area contributed by atoms with Gasteiger partial charge in [0.2, 0.25) is 0 Å². The van der Waals surface area contributed by atoms with E-state index in [0.717, 1.165) is 0 Å². The van der Waals surface area contributed by atoms with E-state index in [0.29, 0.717) is 41.6 Å². The molecule has 0 atom stereocenters. The summed E-state index contributed by atoms with van der Waals surface area (Å²) in [5, 5.41) is 0.437. The molecular formula is C18H19ClF3N3O. The van der Waals surface area contributed by atoms with Crippen molar-refractivity contribution in [2.75, 3.05) is 0 Å². The monoisotopic (exact) mass is 385 g/mol. The Morgan fingerprint density at radius 3 is 2.46 bits per heavy atom. The molecule has 2 heterocycles. The van der Waals surface area contributed by atoms with Gasteiger partial charge in [-0.1, -0.05) is 18.5 Å². The molecule has 1 fully saturated rings. The number of hydrogen-bond acceptors (Lipinski definition) is 3. The molecule has 4 nitrogen and oxygen atoms in total. The van der Waals surface area contributed by atoms with E-state index in [1.165, 1.54) is 16.8 Å². The van der Waals surface area contributed by atoms with Gasteiger partial charge in [0.25, 0.3) is 5.56 Å². The lowest BCUT2D eigenvalue weighted by Crippen LogP contribution is -2.31. The minimum absolute atomic E-state index is 0.0500. The molecule has 2 aromatic heterocycles. The number of aryl methyl sites for hydroxylation is 1. The largest absolute Gasteiger partial charge is 0.391 e. The van der Waals surface area contributed by atoms with Crippen molar-refractivity contribution in [2.45, 2.75) is 51.1 Å². The maximum atomic E-state index is 12.9. The molecule has 0 bridgehead atoms. The van der Waals surface area contributed by atoms with Crippen LogP contribution in [0.15, 0.2) is 29.2 Å². The number of pyridine rings is 1. The fourth-order valence-electron chi connectivity index (χ4n) is 3.41. The highest BCUT2D eigenvalue weighted by Crippen LogP contribution is 2.42. The van der Waals surface area contributed by atoms with Gasteiger partial charge in [0, 0.05) is 23.9 Å². The minimum Gasteiger partial charge on any atom is -0.269 e. The molecule has 0 spiro atoms. The first-order valence-electron chi connectivity index (χ1n) is 8.61. The topological polar surface area (TPSA) is 47.8 Å². The summed E-state index contributed by atoms with van der Waals surface area (Å²) in [6, 6.07) is 4.68. The van der Waals surface area contributed by atoms with Crippen LogP contribution in [0.5, 0.6) is 0 Å². The zero-order valence-corrected chi connectivity index (χ0v) is 15.0. The highest BCUT2D eigenvalue weighted by Gasteiger charge is 2.42. The highest BCUT2D eigenvalue weighted by atomic mass is 35.5. The van der Waals surface area contributed by atoms with Crippen LogP contribution in [-0.4, -0.2) is 20.7 Å². The van der Waals surface area contributed by atoms with Crippen molar-refractivity contribution in [3.05, 3.63) is 51.3 Å². The first-order valence-corrected chi connectivity index (χ1v) is 8.99. The lowest BCUT2D eigenvalue weighted by molar-refractivity contribution is -0.182. The Morgan fingerprint density at radius 2 is 1.92 bits per heavy atom. The van der Waals surface area contributed by atoms with Crippen molar-refractivity contribution in [1.29, 1.82) is 0 Å². The molecular weight excluding hydrogens is 367 g/mol. The molecule has 140 valence electrons. The Kier molecular flexibility index (Phi) is 5.37. The van der Waals surface area contributed by atoms with E-state index in [2.05, 4.69) is 9.97 Å². The van der Waals surface area contributed by atoms with Gasteiger partial charge in [0.1, 0.15) is 11.6 Å². The maximum Gasteiger partial charge on any atom is 0.391 e. The summed E-state index contributed by atoms with van der Waals surface area (Å²) in [6.07, 6.45) is -1.37. The second-order valence-corrected chi connectivity index (χ2v) is 6.99. The van der Waals surface area contributed by atoms with Crippen molar-refractivity contribution < 1.29 is 13.2 Å². The van der Waals surface area contributed by atoms with E-state index in [1.54, 1.807) is 12.1 Å². The molecule has 0 amide bonds. The summed E-state index contributed by atoms with van der Waals surface area (Å²) < 4.78 is 40.2. The van der Waals surface area contributed by atoms with Gasteiger partial charge in [-0.25, -0.2) is 14.5 Å². The SMILES string of the molecule is CCc1cc(=O)n(-c2ccc(Cl)cn2)c(C2CCC(C(F)(F)F)CC2)n1. The second-order valence-electron chi connectivity index (χ2n) is 6.56. The van der Waals surface area contributed by atoms with Crippen molar-refractivity contribution in [2.24, 2.45) is 5.92 Å². The van der Waals surface area contributed by atoms with Gasteiger partial charge >= 0.3 is 6.18 Å². The van der Waals surface area contributed by atoms with Crippen LogP contribution in [0.1, 0.15) is 50.0 Å². The molecule has 0 radical (unpaired) electrons. The molecule has 26 heavy (non-hydrogen) atoms. The molecule has 1 aliphatic carbocycles. The van der Waals surface area contributed by atoms with Gasteiger partial charge in [0.15, 0.2) is 0 Å². The number of rotatable bonds is 3. The van der Waals surface area contributed by atoms with Gasteiger partial charge in [-0.05, 0) is 44.2 Å². The van der Waals surface area contributed by atoms with Gasteiger partial charge < -0.3 is 0 Å². The quantitative estimate of drug-likeness (QED) is 0.770. The van der Waals surface area contributed by atoms with Crippen molar-refractivity contribution in [3.8, 4) is 5.82 Å². The number of nitrogens with zero attached hydrogens (tertiary/aromatic N) is 3. The van der Waals surface area contributed by atoms with Crippen LogP contribution in [0, 0.1) is 5.92 Å². The van der Waals surface area contributed by atoms with Gasteiger partial charge in [-0.15, -0.1) is 0 Å². The Morgan fingerprint density at radius 1 is 1.23 bits per heavy atom. The summed E-state index contributed by atoms with van der Waals surface area (Å²) in [7, 11) is 0. The zero-order valence-electron chi connectivity index (χ0n) is 14.3. The van der Waals surface area contributed by atoms with E-state index < -0.39 is 12.1 Å². The van der Waals surface area contributed by atoms with Crippen LogP contribution >= 0.6 is 11.6 Å². The van der Waals surface area contributed by atoms with Crippen molar-refractivity contribution in [3.63, 3.8) is 0 Å². The molecule has 8 heteroatoms. The molecule has 0 aromatic carbocycles. The molecule has 1 aliphatic rings. The lowest BCUT2D eigenvalue weighted by Gasteiger charge is -2.30. The van der Waals surface area contributed by atoms with Gasteiger partial charge in [-0.3, -0.25) is 4.79 Å². The number of halogens is 4. The number of aromatic nitrogens is 3. The fraction of sp³-hybridized carbons (Fsp3) is 0.500. The average molecular weight is 386 g/mol. The third-order valence-corrected chi connectivity index (χ3v) is 5.08. The first kappa shape index (κ1) is 18.9. The predicted molar refractivity (Wildman–Crippen MR) is 92.8 cm³/mol. The summed E-state index contributed by atoms with van der Waals surface area (Å²) in [4.78, 5) is 21.4. The Bertz CT molecular complexity index is 825. The molecule has 0 N–H and O–H groups in total. The van der Waals surface area contributed by atoms with E-state index in [4.69, 9.17) is 11.6 Å². The van der Waals surface area contributed by atoms with E-state index >= 15 is 0 Å². The van der Waals surface area contributed by atoms with Crippen LogP contribution in [0.4, 0.5) is 13.2 Å². The lowest BCUT2D eigenvalue weighted by atomic mass is 9.81. The van der Waals surface area contributed by atoms with E-state index in [9.17, 15) is 18.0 Å². The summed E-state index contributed by atoms with van der Waals surface area (Å²) in [5.74, 6) is -0.612. The van der Waals surface area contributed by atoms with E-state index in [1.807, 2.05) is 6.92 Å². The van der Waals surface area contributed by atoms with Crippen LogP contribution < -0.4 is 5.56 Å². The molecule has 1 saturated carbocycles. The van der Waals surface area contributed by atoms with Crippen LogP contribution in [0.2, 0.25) is 5.02 Å². The predicted octanol–water partition coefficient (Wildman–Crippen LogP) is 4.68. The van der Waals surface area contributed by atoms with E-state index in [-0.39, 0.29) is 24.3 Å². The zero-order chi connectivity index (χ0) is 18.9. The summed E-state index contributed by atoms with van der Waals surface area (Å²) in [6.45, 7) is 1.89. The average Bonchev–Trinajstić information content (AvgIpc) is 2.61. The summed E-state index contributed by atoms with van der Waals surface area (Å²) >= 11 is 5.86. The normalized spacial score (nSPS) is 21.0. The second kappa shape index (κ2) is 7.39. The number of hydrogen-bond donors (Lipinski definition) is 0. The Labute approximate surface area is 154 Å². The third kappa shape index (κ3) is 3.92. The maximum absolute atomic E-state index is 12.9. The van der Waals surface area contributed by atoms with Crippen LogP contribution in [0.25, 0.3) is 5.82 Å². The van der Waals surface area contributed by atoms with Crippen LogP contribution in [0.3, 0.4) is 0 Å². The summed E-state index contributed by atoms with van der Waals surface area (Å²) in [5.41, 5.74) is 0.354. The molecule has 0 saturated heterocycles. The standard InChI is InChI=1S/C18H19ClF3N3O/c1-2-14-9-16(26)25(15-8-7-13(19)10-23-15)17(24-14)11-3-5-12(6-4-11)18(20,21)22/h7-12H,2-6H2,1H3. The minimum atomic E-state index is -4.17. The smallest absolute Gasteiger partial charge is 0.269 e. The van der Waals surface area contributed by atoms with Crippen LogP contribution in [-0.2, 0) is 6.42 Å². The Hall–Kier alpha value is -1.89. The first-order chi connectivity index (χ1) is 12.3. The fourth-order valence-corrected chi connectivity index (χ4v) is 3.53. The third-order valence-electron chi connectivity index (χ3n) is 4.86. The molecule has 3 rings (SSSR count). The molecule has 2 aromatic rings. The highest BCUT2D eigenvalue weighted by molar-refractivity contribution is 6.30. The van der Waals surface area contributed by atoms with Gasteiger partial charge in [0.05, 0.1) is 10.9 Å². The molecule has 0 aliphatic heterocycles. The van der Waals surface area contributed by atoms with Crippen molar-refractivity contribution >= 4 is 11.6 Å². The van der Waals surface area contributed by atoms with Crippen molar-refractivity contribution in [1.82, 2.24) is 14.5 Å².